The molecular weight excluding hydrogens is 323 g/mol. The molecule has 0 fully saturated rings. The minimum atomic E-state index is -0.289. The zero-order valence-electron chi connectivity index (χ0n) is 11.3. The Bertz CT molecular complexity index is 619. The van der Waals surface area contributed by atoms with Gasteiger partial charge < -0.3 is 4.74 Å². The molecule has 0 aromatic heterocycles. The average molecular weight is 339 g/mol. The van der Waals surface area contributed by atoms with E-state index in [1.165, 1.54) is 12.1 Å². The second-order valence-corrected chi connectivity index (χ2v) is 5.34. The Morgan fingerprint density at radius 1 is 1.20 bits per heavy atom. The maximum Gasteiger partial charge on any atom is 0.124 e. The first-order valence-corrected chi connectivity index (χ1v) is 6.91. The third-order valence-corrected chi connectivity index (χ3v) is 3.91. The molecule has 2 aromatic carbocycles. The fourth-order valence-corrected chi connectivity index (χ4v) is 2.76. The van der Waals surface area contributed by atoms with Crippen LogP contribution in [0.5, 0.6) is 5.75 Å². The predicted octanol–water partition coefficient (Wildman–Crippen LogP) is 3.46. The second-order valence-electron chi connectivity index (χ2n) is 4.49. The standard InChI is InChI=1S/C15H16BrFN2O/c1-9-7-11(20-2)4-6-12(9)15(19-18)13-5-3-10(17)8-14(13)16/h3-8,15,19H,18H2,1-2H3. The van der Waals surface area contributed by atoms with Gasteiger partial charge in [-0.25, -0.2) is 9.82 Å². The van der Waals surface area contributed by atoms with Crippen LogP contribution in [-0.4, -0.2) is 7.11 Å². The Morgan fingerprint density at radius 2 is 1.90 bits per heavy atom. The van der Waals surface area contributed by atoms with Crippen molar-refractivity contribution in [3.8, 4) is 5.75 Å². The number of methoxy groups -OCH3 is 1. The number of nitrogens with one attached hydrogen (secondary N) is 1. The van der Waals surface area contributed by atoms with E-state index in [0.29, 0.717) is 4.47 Å². The van der Waals surface area contributed by atoms with Crippen molar-refractivity contribution < 1.29 is 9.13 Å². The number of hydrogen-bond acceptors (Lipinski definition) is 3. The van der Waals surface area contributed by atoms with Crippen LogP contribution in [0.3, 0.4) is 0 Å². The van der Waals surface area contributed by atoms with Gasteiger partial charge >= 0.3 is 0 Å². The number of halogens is 2. The quantitative estimate of drug-likeness (QED) is 0.663. The zero-order valence-corrected chi connectivity index (χ0v) is 12.9. The molecule has 0 amide bonds. The smallest absolute Gasteiger partial charge is 0.124 e. The highest BCUT2D eigenvalue weighted by Crippen LogP contribution is 2.31. The summed E-state index contributed by atoms with van der Waals surface area (Å²) in [6.45, 7) is 1.99. The summed E-state index contributed by atoms with van der Waals surface area (Å²) in [6.07, 6.45) is 0. The highest BCUT2D eigenvalue weighted by molar-refractivity contribution is 9.10. The number of aryl methyl sites for hydroxylation is 1. The molecule has 0 spiro atoms. The average Bonchev–Trinajstić information content (AvgIpc) is 2.43. The predicted molar refractivity (Wildman–Crippen MR) is 81.0 cm³/mol. The van der Waals surface area contributed by atoms with E-state index in [2.05, 4.69) is 21.4 Å². The Morgan fingerprint density at radius 3 is 2.45 bits per heavy atom. The summed E-state index contributed by atoms with van der Waals surface area (Å²) >= 11 is 3.38. The molecule has 1 atom stereocenters. The monoisotopic (exact) mass is 338 g/mol. The molecule has 2 rings (SSSR count). The van der Waals surface area contributed by atoms with E-state index in [9.17, 15) is 4.39 Å². The van der Waals surface area contributed by atoms with Gasteiger partial charge in [-0.05, 0) is 47.9 Å². The molecule has 0 bridgehead atoms. The summed E-state index contributed by atoms with van der Waals surface area (Å²) in [6, 6.07) is 10.1. The number of benzene rings is 2. The molecule has 0 saturated carbocycles. The van der Waals surface area contributed by atoms with Crippen molar-refractivity contribution >= 4 is 15.9 Å². The van der Waals surface area contributed by atoms with E-state index in [0.717, 1.165) is 22.4 Å². The van der Waals surface area contributed by atoms with Gasteiger partial charge in [0.25, 0.3) is 0 Å². The van der Waals surface area contributed by atoms with E-state index in [-0.39, 0.29) is 11.9 Å². The number of nitrogens with two attached hydrogens (primary N) is 1. The SMILES string of the molecule is COc1ccc(C(NN)c2ccc(F)cc2Br)c(C)c1. The maximum atomic E-state index is 13.2. The van der Waals surface area contributed by atoms with Crippen molar-refractivity contribution in [3.05, 3.63) is 63.4 Å². The van der Waals surface area contributed by atoms with Crippen LogP contribution in [0.2, 0.25) is 0 Å². The summed E-state index contributed by atoms with van der Waals surface area (Å²) in [7, 11) is 1.63. The van der Waals surface area contributed by atoms with Gasteiger partial charge in [0.05, 0.1) is 13.2 Å². The van der Waals surface area contributed by atoms with Crippen LogP contribution < -0.4 is 16.0 Å². The molecule has 20 heavy (non-hydrogen) atoms. The Balaban J connectivity index is 2.47. The molecule has 0 aliphatic heterocycles. The van der Waals surface area contributed by atoms with Gasteiger partial charge in [0, 0.05) is 4.47 Å². The van der Waals surface area contributed by atoms with Crippen molar-refractivity contribution in [2.45, 2.75) is 13.0 Å². The highest BCUT2D eigenvalue weighted by Gasteiger charge is 2.18. The van der Waals surface area contributed by atoms with Crippen LogP contribution in [0.4, 0.5) is 4.39 Å². The molecular formula is C15H16BrFN2O. The lowest BCUT2D eigenvalue weighted by atomic mass is 9.95. The fourth-order valence-electron chi connectivity index (χ4n) is 2.18. The molecule has 1 unspecified atom stereocenters. The normalized spacial score (nSPS) is 12.2. The van der Waals surface area contributed by atoms with Gasteiger partial charge in [-0.3, -0.25) is 5.84 Å². The first-order chi connectivity index (χ1) is 9.56. The topological polar surface area (TPSA) is 47.3 Å². The molecule has 0 radical (unpaired) electrons. The molecule has 0 aliphatic carbocycles. The largest absolute Gasteiger partial charge is 0.497 e. The molecule has 3 N–H and O–H groups in total. The summed E-state index contributed by atoms with van der Waals surface area (Å²) < 4.78 is 19.1. The van der Waals surface area contributed by atoms with Gasteiger partial charge in [0.15, 0.2) is 0 Å². The zero-order chi connectivity index (χ0) is 14.7. The minimum Gasteiger partial charge on any atom is -0.497 e. The van der Waals surface area contributed by atoms with Crippen LogP contribution in [0, 0.1) is 12.7 Å². The van der Waals surface area contributed by atoms with Gasteiger partial charge in [0.1, 0.15) is 11.6 Å². The Hall–Kier alpha value is -1.43. The van der Waals surface area contributed by atoms with Crippen molar-refractivity contribution in [1.82, 2.24) is 5.43 Å². The number of hydrogen-bond donors (Lipinski definition) is 2. The number of rotatable bonds is 4. The van der Waals surface area contributed by atoms with Crippen LogP contribution in [0.25, 0.3) is 0 Å². The summed E-state index contributed by atoms with van der Waals surface area (Å²) in [5.74, 6) is 6.19. The first-order valence-electron chi connectivity index (χ1n) is 6.12. The molecule has 2 aromatic rings. The van der Waals surface area contributed by atoms with E-state index in [1.807, 2.05) is 25.1 Å². The third kappa shape index (κ3) is 3.00. The van der Waals surface area contributed by atoms with Crippen LogP contribution in [0.15, 0.2) is 40.9 Å². The lowest BCUT2D eigenvalue weighted by molar-refractivity contribution is 0.414. The van der Waals surface area contributed by atoms with Crippen molar-refractivity contribution in [3.63, 3.8) is 0 Å². The third-order valence-electron chi connectivity index (χ3n) is 3.23. The van der Waals surface area contributed by atoms with E-state index in [4.69, 9.17) is 10.6 Å². The molecule has 3 nitrogen and oxygen atoms in total. The van der Waals surface area contributed by atoms with E-state index in [1.54, 1.807) is 13.2 Å². The van der Waals surface area contributed by atoms with Crippen LogP contribution in [-0.2, 0) is 0 Å². The van der Waals surface area contributed by atoms with Crippen LogP contribution >= 0.6 is 15.9 Å². The van der Waals surface area contributed by atoms with Gasteiger partial charge in [-0.15, -0.1) is 0 Å². The fraction of sp³-hybridized carbons (Fsp3) is 0.200. The summed E-state index contributed by atoms with van der Waals surface area (Å²) in [4.78, 5) is 0. The Labute approximate surface area is 126 Å². The second kappa shape index (κ2) is 6.35. The molecule has 0 heterocycles. The Kier molecular flexibility index (Phi) is 4.75. The minimum absolute atomic E-state index is 0.226. The maximum absolute atomic E-state index is 13.2. The molecule has 0 aliphatic rings. The number of ether oxygens (including phenoxy) is 1. The van der Waals surface area contributed by atoms with E-state index >= 15 is 0 Å². The van der Waals surface area contributed by atoms with E-state index < -0.39 is 0 Å². The summed E-state index contributed by atoms with van der Waals surface area (Å²) in [5.41, 5.74) is 5.72. The first kappa shape index (κ1) is 15.0. The lowest BCUT2D eigenvalue weighted by Gasteiger charge is -2.21. The lowest BCUT2D eigenvalue weighted by Crippen LogP contribution is -2.29. The molecule has 106 valence electrons. The van der Waals surface area contributed by atoms with Gasteiger partial charge in [0.2, 0.25) is 0 Å². The van der Waals surface area contributed by atoms with Gasteiger partial charge in [-0.1, -0.05) is 28.1 Å². The molecule has 5 heteroatoms. The van der Waals surface area contributed by atoms with Gasteiger partial charge in [-0.2, -0.15) is 0 Å². The van der Waals surface area contributed by atoms with Crippen LogP contribution in [0.1, 0.15) is 22.7 Å². The number of hydrazine groups is 1. The van der Waals surface area contributed by atoms with Crippen molar-refractivity contribution in [2.24, 2.45) is 5.84 Å². The van der Waals surface area contributed by atoms with Crippen molar-refractivity contribution in [2.75, 3.05) is 7.11 Å². The molecule has 0 saturated heterocycles. The van der Waals surface area contributed by atoms with Crippen molar-refractivity contribution in [1.29, 1.82) is 0 Å². The highest BCUT2D eigenvalue weighted by atomic mass is 79.9. The summed E-state index contributed by atoms with van der Waals surface area (Å²) in [5, 5.41) is 0.